The quantitative estimate of drug-likeness (QED) is 0.266. The Morgan fingerprint density at radius 1 is 0.708 bits per heavy atom. The first-order chi connectivity index (χ1) is 11.4. The molecule has 0 fully saturated rings. The molecule has 0 saturated heterocycles. The van der Waals surface area contributed by atoms with Crippen molar-refractivity contribution in [2.75, 3.05) is 0 Å². The van der Waals surface area contributed by atoms with Crippen molar-refractivity contribution in [3.05, 3.63) is 66.7 Å². The average molecular weight is 460 g/mol. The molecular formula is C17H11BF4Se2. The molecule has 4 aromatic rings. The zero-order valence-electron chi connectivity index (χ0n) is 12.3. The van der Waals surface area contributed by atoms with Crippen LogP contribution in [0.2, 0.25) is 0 Å². The van der Waals surface area contributed by atoms with E-state index in [4.69, 9.17) is 0 Å². The molecule has 24 heavy (non-hydrogen) atoms. The van der Waals surface area contributed by atoms with E-state index in [0.717, 1.165) is 0 Å². The second-order valence-corrected chi connectivity index (χ2v) is 10.7. The van der Waals surface area contributed by atoms with E-state index < -0.39 is 7.25 Å². The van der Waals surface area contributed by atoms with Gasteiger partial charge in [-0.25, -0.2) is 0 Å². The van der Waals surface area contributed by atoms with Gasteiger partial charge in [0, 0.05) is 0 Å². The summed E-state index contributed by atoms with van der Waals surface area (Å²) < 4.78 is 43.8. The predicted molar refractivity (Wildman–Crippen MR) is 95.4 cm³/mol. The third-order valence-corrected chi connectivity index (χ3v) is 9.23. The van der Waals surface area contributed by atoms with E-state index in [1.165, 1.54) is 20.8 Å². The predicted octanol–water partition coefficient (Wildman–Crippen LogP) is 5.36. The first-order valence-corrected chi connectivity index (χ1v) is 10.5. The number of rotatable bonds is 1. The van der Waals surface area contributed by atoms with Crippen LogP contribution in [0.25, 0.3) is 28.2 Å². The zero-order valence-corrected chi connectivity index (χ0v) is 15.7. The van der Waals surface area contributed by atoms with Crippen molar-refractivity contribution >= 4 is 54.4 Å². The van der Waals surface area contributed by atoms with Crippen LogP contribution in [0.3, 0.4) is 0 Å². The van der Waals surface area contributed by atoms with Crippen molar-refractivity contribution in [3.8, 4) is 10.0 Å². The van der Waals surface area contributed by atoms with Crippen molar-refractivity contribution in [2.24, 2.45) is 0 Å². The standard InChI is InChI=1S/C17H11Se2.BF4/c1-2-6-12(7-3-1)15-11-10-14-13-8-4-5-9-16(13)19-17(14)18-15;2-1(3,4)5/h1-11H;/q+1;-1. The SMILES string of the molecule is F[B-](F)(F)F.c1ccc(-c2ccc3c([se]c4ccccc43)[se+]2)cc1. The van der Waals surface area contributed by atoms with E-state index in [2.05, 4.69) is 66.7 Å². The normalized spacial score (nSPS) is 11.3. The van der Waals surface area contributed by atoms with Crippen LogP contribution < -0.4 is 0 Å². The summed E-state index contributed by atoms with van der Waals surface area (Å²) in [4.78, 5) is 0. The summed E-state index contributed by atoms with van der Waals surface area (Å²) in [6.45, 7) is 0. The molecule has 0 N–H and O–H groups in total. The number of fused-ring (bicyclic) bond motifs is 3. The summed E-state index contributed by atoms with van der Waals surface area (Å²) in [5.41, 5.74) is 1.39. The maximum absolute atomic E-state index is 9.75. The molecule has 0 saturated carbocycles. The molecule has 7 heteroatoms. The molecule has 0 spiro atoms. The van der Waals surface area contributed by atoms with E-state index in [9.17, 15) is 17.3 Å². The Labute approximate surface area is 148 Å². The summed E-state index contributed by atoms with van der Waals surface area (Å²) in [7, 11) is -6.00. The fourth-order valence-corrected chi connectivity index (χ4v) is 8.60. The van der Waals surface area contributed by atoms with Crippen molar-refractivity contribution in [1.82, 2.24) is 0 Å². The molecule has 0 bridgehead atoms. The monoisotopic (exact) mass is 462 g/mol. The average Bonchev–Trinajstić information content (AvgIpc) is 2.92. The Kier molecular flexibility index (Phi) is 5.26. The molecule has 0 unspecified atom stereocenters. The van der Waals surface area contributed by atoms with Gasteiger partial charge in [0.25, 0.3) is 0 Å². The number of hydrogen-bond donors (Lipinski definition) is 0. The van der Waals surface area contributed by atoms with Crippen molar-refractivity contribution in [1.29, 1.82) is 0 Å². The van der Waals surface area contributed by atoms with Crippen LogP contribution >= 0.6 is 0 Å². The summed E-state index contributed by atoms with van der Waals surface area (Å²) in [6, 6.07) is 24.3. The first-order valence-electron chi connectivity index (χ1n) is 7.09. The summed E-state index contributed by atoms with van der Waals surface area (Å²) in [5.74, 6) is 0. The molecule has 2 aromatic heterocycles. The minimum absolute atomic E-state index is 0.491. The molecule has 0 aliphatic carbocycles. The summed E-state index contributed by atoms with van der Waals surface area (Å²) in [5, 5.41) is 2.98. The molecule has 4 rings (SSSR count). The molecular weight excluding hydrogens is 449 g/mol. The Balaban J connectivity index is 0.000000300. The Morgan fingerprint density at radius 3 is 2.04 bits per heavy atom. The zero-order chi connectivity index (χ0) is 17.2. The summed E-state index contributed by atoms with van der Waals surface area (Å²) >= 11 is 1.03. The fourth-order valence-electron chi connectivity index (χ4n) is 2.33. The van der Waals surface area contributed by atoms with Crippen LogP contribution in [0.1, 0.15) is 0 Å². The van der Waals surface area contributed by atoms with Gasteiger partial charge in [-0.2, -0.15) is 0 Å². The van der Waals surface area contributed by atoms with Crippen molar-refractivity contribution in [2.45, 2.75) is 0 Å². The third kappa shape index (κ3) is 4.37. The van der Waals surface area contributed by atoms with Gasteiger partial charge >= 0.3 is 131 Å². The van der Waals surface area contributed by atoms with Crippen LogP contribution in [0.4, 0.5) is 17.3 Å². The number of halogens is 4. The van der Waals surface area contributed by atoms with Gasteiger partial charge in [-0.1, -0.05) is 0 Å². The van der Waals surface area contributed by atoms with Crippen molar-refractivity contribution < 1.29 is 17.3 Å². The van der Waals surface area contributed by atoms with E-state index >= 15 is 0 Å². The van der Waals surface area contributed by atoms with Gasteiger partial charge in [-0.15, -0.1) is 0 Å². The van der Waals surface area contributed by atoms with Gasteiger partial charge in [0.1, 0.15) is 0 Å². The molecule has 122 valence electrons. The Hall–Kier alpha value is -1.39. The van der Waals surface area contributed by atoms with Gasteiger partial charge < -0.3 is 17.3 Å². The fraction of sp³-hybridized carbons (Fsp3) is 0. The third-order valence-electron chi connectivity index (χ3n) is 3.26. The van der Waals surface area contributed by atoms with E-state index in [-0.39, 0.29) is 0 Å². The molecule has 0 nitrogen and oxygen atoms in total. The Morgan fingerprint density at radius 2 is 1.33 bits per heavy atom. The van der Waals surface area contributed by atoms with Crippen LogP contribution in [0.5, 0.6) is 0 Å². The maximum atomic E-state index is 9.75. The number of benzene rings is 2. The molecule has 0 aliphatic heterocycles. The second kappa shape index (κ2) is 7.24. The van der Waals surface area contributed by atoms with Crippen LogP contribution in [0, 0.1) is 0 Å². The van der Waals surface area contributed by atoms with Gasteiger partial charge in [-0.3, -0.25) is 0 Å². The number of hydrogen-bond acceptors (Lipinski definition) is 0. The van der Waals surface area contributed by atoms with Crippen LogP contribution in [-0.4, -0.2) is 36.3 Å². The molecule has 0 radical (unpaired) electrons. The van der Waals surface area contributed by atoms with E-state index in [0.29, 0.717) is 29.0 Å². The van der Waals surface area contributed by atoms with Gasteiger partial charge in [0.15, 0.2) is 0 Å². The molecule has 2 aromatic carbocycles. The van der Waals surface area contributed by atoms with Gasteiger partial charge in [0.05, 0.1) is 0 Å². The summed E-state index contributed by atoms with van der Waals surface area (Å²) in [6.07, 6.45) is 0. The van der Waals surface area contributed by atoms with Gasteiger partial charge in [-0.05, 0) is 0 Å². The Bertz CT molecular complexity index is 959. The van der Waals surface area contributed by atoms with Crippen LogP contribution in [-0.2, 0) is 0 Å². The van der Waals surface area contributed by atoms with Gasteiger partial charge in [0.2, 0.25) is 0 Å². The molecule has 0 aliphatic rings. The van der Waals surface area contributed by atoms with E-state index in [1.54, 1.807) is 7.39 Å². The second-order valence-electron chi connectivity index (χ2n) is 4.96. The molecule has 2 heterocycles. The topological polar surface area (TPSA) is 0 Å². The first kappa shape index (κ1) is 17.4. The minimum atomic E-state index is -6.00. The van der Waals surface area contributed by atoms with E-state index in [1.807, 2.05) is 0 Å². The molecule has 0 atom stereocenters. The van der Waals surface area contributed by atoms with Crippen LogP contribution in [0.15, 0.2) is 66.7 Å². The molecule has 0 amide bonds. The van der Waals surface area contributed by atoms with Crippen molar-refractivity contribution in [3.63, 3.8) is 0 Å².